The topological polar surface area (TPSA) is 34.1 Å². The van der Waals surface area contributed by atoms with Crippen LogP contribution in [0.25, 0.3) is 0 Å². The molecule has 1 aromatic carbocycles. The Morgan fingerprint density at radius 3 is 2.24 bits per heavy atom. The summed E-state index contributed by atoms with van der Waals surface area (Å²) in [5, 5.41) is 0. The molecule has 0 aromatic heterocycles. The van der Waals surface area contributed by atoms with Crippen molar-refractivity contribution in [2.24, 2.45) is 5.92 Å². The maximum Gasteiger partial charge on any atom is 0.136 e. The van der Waals surface area contributed by atoms with Gasteiger partial charge in [0, 0.05) is 25.2 Å². The number of hydrogen-bond acceptors (Lipinski definition) is 2. The van der Waals surface area contributed by atoms with E-state index in [0.29, 0.717) is 25.0 Å². The van der Waals surface area contributed by atoms with Crippen LogP contribution in [0.1, 0.15) is 64.0 Å². The van der Waals surface area contributed by atoms with Crippen LogP contribution in [-0.4, -0.2) is 11.6 Å². The summed E-state index contributed by atoms with van der Waals surface area (Å²) in [6.45, 7) is 6.05. The number of carbonyl (C=O) groups is 2. The Labute approximate surface area is 128 Å². The van der Waals surface area contributed by atoms with E-state index >= 15 is 0 Å². The summed E-state index contributed by atoms with van der Waals surface area (Å²) < 4.78 is 0. The summed E-state index contributed by atoms with van der Waals surface area (Å²) in [6, 6.07) is 8.23. The summed E-state index contributed by atoms with van der Waals surface area (Å²) in [5.41, 5.74) is 2.33. The van der Waals surface area contributed by atoms with Crippen LogP contribution in [0.2, 0.25) is 0 Å². The minimum Gasteiger partial charge on any atom is -0.299 e. The summed E-state index contributed by atoms with van der Waals surface area (Å²) >= 11 is 0. The summed E-state index contributed by atoms with van der Waals surface area (Å²) in [6.07, 6.45) is 5.73. The molecule has 0 spiro atoms. The van der Waals surface area contributed by atoms with Crippen molar-refractivity contribution in [3.05, 3.63) is 35.4 Å². The van der Waals surface area contributed by atoms with Crippen molar-refractivity contribution in [2.45, 2.75) is 65.7 Å². The number of aryl methyl sites for hydroxylation is 1. The molecule has 0 amide bonds. The predicted octanol–water partition coefficient (Wildman–Crippen LogP) is 4.54. The van der Waals surface area contributed by atoms with E-state index in [-0.39, 0.29) is 11.7 Å². The first-order valence-electron chi connectivity index (χ1n) is 8.19. The van der Waals surface area contributed by atoms with Gasteiger partial charge >= 0.3 is 0 Å². The fourth-order valence-corrected chi connectivity index (χ4v) is 2.48. The fourth-order valence-electron chi connectivity index (χ4n) is 2.48. The zero-order valence-corrected chi connectivity index (χ0v) is 13.7. The third-order valence-electron chi connectivity index (χ3n) is 3.98. The van der Waals surface area contributed by atoms with Gasteiger partial charge in [0.25, 0.3) is 0 Å². The quantitative estimate of drug-likeness (QED) is 0.633. The molecule has 0 aliphatic carbocycles. The van der Waals surface area contributed by atoms with Crippen molar-refractivity contribution < 1.29 is 9.59 Å². The number of carbonyl (C=O) groups excluding carboxylic acids is 2. The Morgan fingerprint density at radius 1 is 1.05 bits per heavy atom. The fraction of sp³-hybridized carbons (Fsp3) is 0.579. The molecule has 0 saturated carbocycles. The minimum atomic E-state index is 0.206. The van der Waals surface area contributed by atoms with Gasteiger partial charge < -0.3 is 0 Å². The molecule has 116 valence electrons. The lowest BCUT2D eigenvalue weighted by Crippen LogP contribution is -2.10. The summed E-state index contributed by atoms with van der Waals surface area (Å²) in [4.78, 5) is 23.3. The normalized spacial score (nSPS) is 12.1. The molecule has 1 atom stereocenters. The number of hydrogen-bond donors (Lipinski definition) is 0. The van der Waals surface area contributed by atoms with Gasteiger partial charge in [-0.1, -0.05) is 51.5 Å². The van der Waals surface area contributed by atoms with Crippen LogP contribution in [0.3, 0.4) is 0 Å². The van der Waals surface area contributed by atoms with Crippen LogP contribution in [0.5, 0.6) is 0 Å². The lowest BCUT2D eigenvalue weighted by atomic mass is 9.96. The van der Waals surface area contributed by atoms with E-state index in [1.54, 1.807) is 0 Å². The van der Waals surface area contributed by atoms with Crippen LogP contribution in [0.15, 0.2) is 24.3 Å². The van der Waals surface area contributed by atoms with Gasteiger partial charge in [-0.15, -0.1) is 0 Å². The molecule has 21 heavy (non-hydrogen) atoms. The third-order valence-corrected chi connectivity index (χ3v) is 3.98. The molecule has 0 heterocycles. The smallest absolute Gasteiger partial charge is 0.136 e. The Hall–Kier alpha value is -1.44. The van der Waals surface area contributed by atoms with Gasteiger partial charge in [0.1, 0.15) is 11.6 Å². The highest BCUT2D eigenvalue weighted by Gasteiger charge is 2.11. The zero-order chi connectivity index (χ0) is 15.7. The molecule has 2 heteroatoms. The average molecular weight is 288 g/mol. The molecule has 0 radical (unpaired) electrons. The van der Waals surface area contributed by atoms with E-state index in [4.69, 9.17) is 0 Å². The molecule has 2 nitrogen and oxygen atoms in total. The van der Waals surface area contributed by atoms with E-state index in [0.717, 1.165) is 31.2 Å². The monoisotopic (exact) mass is 288 g/mol. The maximum absolute atomic E-state index is 11.9. The Balaban J connectivity index is 2.36. The standard InChI is InChI=1S/C19H28O2/c1-4-7-15(3)19(21)9-6-8-16-10-12-17(13-11-16)14-18(20)5-2/h10-13,15H,4-9,14H2,1-3H3. The molecular weight excluding hydrogens is 260 g/mol. The molecule has 0 bridgehead atoms. The molecule has 0 aliphatic rings. The summed E-state index contributed by atoms with van der Waals surface area (Å²) in [7, 11) is 0. The lowest BCUT2D eigenvalue weighted by Gasteiger charge is -2.09. The van der Waals surface area contributed by atoms with E-state index in [9.17, 15) is 9.59 Å². The van der Waals surface area contributed by atoms with Gasteiger partial charge in [-0.3, -0.25) is 9.59 Å². The second kappa shape index (κ2) is 9.49. The number of benzene rings is 1. The van der Waals surface area contributed by atoms with Crippen LogP contribution >= 0.6 is 0 Å². The SMILES string of the molecule is CCCC(C)C(=O)CCCc1ccc(CC(=O)CC)cc1. The van der Waals surface area contributed by atoms with Gasteiger partial charge in [-0.25, -0.2) is 0 Å². The largest absolute Gasteiger partial charge is 0.299 e. The van der Waals surface area contributed by atoms with Crippen LogP contribution in [-0.2, 0) is 22.4 Å². The number of rotatable bonds is 10. The Kier molecular flexibility index (Phi) is 7.96. The highest BCUT2D eigenvalue weighted by molar-refractivity contribution is 5.81. The summed E-state index contributed by atoms with van der Waals surface area (Å²) in [5.74, 6) is 0.873. The van der Waals surface area contributed by atoms with E-state index in [1.807, 2.05) is 26.0 Å². The first-order chi connectivity index (χ1) is 10.1. The molecular formula is C19H28O2. The zero-order valence-electron chi connectivity index (χ0n) is 13.7. The first kappa shape index (κ1) is 17.6. The second-order valence-corrected chi connectivity index (χ2v) is 5.90. The van der Waals surface area contributed by atoms with Crippen molar-refractivity contribution in [3.8, 4) is 0 Å². The maximum atomic E-state index is 11.9. The molecule has 1 aromatic rings. The van der Waals surface area contributed by atoms with Crippen LogP contribution < -0.4 is 0 Å². The molecule has 1 unspecified atom stereocenters. The molecule has 0 saturated heterocycles. The third kappa shape index (κ3) is 6.70. The van der Waals surface area contributed by atoms with Crippen molar-refractivity contribution in [3.63, 3.8) is 0 Å². The number of Topliss-reactive ketones (excluding diaryl/α,β-unsaturated/α-hetero) is 2. The Bertz CT molecular complexity index is 445. The van der Waals surface area contributed by atoms with E-state index in [2.05, 4.69) is 19.1 Å². The minimum absolute atomic E-state index is 0.206. The number of ketones is 2. The molecule has 0 fully saturated rings. The predicted molar refractivity (Wildman–Crippen MR) is 87.5 cm³/mol. The van der Waals surface area contributed by atoms with Gasteiger partial charge in [-0.2, -0.15) is 0 Å². The van der Waals surface area contributed by atoms with Crippen molar-refractivity contribution in [2.75, 3.05) is 0 Å². The molecule has 1 rings (SSSR count). The van der Waals surface area contributed by atoms with E-state index < -0.39 is 0 Å². The molecule has 0 aliphatic heterocycles. The first-order valence-corrected chi connectivity index (χ1v) is 8.19. The van der Waals surface area contributed by atoms with Gasteiger partial charge in [-0.05, 0) is 30.4 Å². The van der Waals surface area contributed by atoms with Crippen LogP contribution in [0.4, 0.5) is 0 Å². The molecule has 0 N–H and O–H groups in total. The van der Waals surface area contributed by atoms with E-state index in [1.165, 1.54) is 5.56 Å². The van der Waals surface area contributed by atoms with Crippen molar-refractivity contribution in [1.82, 2.24) is 0 Å². The average Bonchev–Trinajstić information content (AvgIpc) is 2.49. The lowest BCUT2D eigenvalue weighted by molar-refractivity contribution is -0.122. The van der Waals surface area contributed by atoms with Gasteiger partial charge in [0.05, 0.1) is 0 Å². The highest BCUT2D eigenvalue weighted by atomic mass is 16.1. The van der Waals surface area contributed by atoms with Crippen molar-refractivity contribution >= 4 is 11.6 Å². The van der Waals surface area contributed by atoms with Crippen molar-refractivity contribution in [1.29, 1.82) is 0 Å². The highest BCUT2D eigenvalue weighted by Crippen LogP contribution is 2.13. The van der Waals surface area contributed by atoms with Gasteiger partial charge in [0.2, 0.25) is 0 Å². The van der Waals surface area contributed by atoms with Gasteiger partial charge in [0.15, 0.2) is 0 Å². The second-order valence-electron chi connectivity index (χ2n) is 5.90. The Morgan fingerprint density at radius 2 is 1.67 bits per heavy atom. The van der Waals surface area contributed by atoms with Crippen LogP contribution in [0, 0.1) is 5.92 Å².